The molecule has 1 aromatic heterocycles. The van der Waals surface area contributed by atoms with Gasteiger partial charge in [0.2, 0.25) is 5.91 Å². The van der Waals surface area contributed by atoms with Gasteiger partial charge in [-0.3, -0.25) is 4.79 Å². The SMILES string of the molecule is CCC1CCC(NC(=O)Cn2cc(CN)nn2)C1C. The van der Waals surface area contributed by atoms with Gasteiger partial charge in [0.25, 0.3) is 0 Å². The molecule has 0 radical (unpaired) electrons. The molecule has 1 heterocycles. The fourth-order valence-electron chi connectivity index (χ4n) is 2.94. The summed E-state index contributed by atoms with van der Waals surface area (Å²) in [5.74, 6) is 1.30. The average Bonchev–Trinajstić information content (AvgIpc) is 2.97. The minimum Gasteiger partial charge on any atom is -0.351 e. The molecule has 0 aromatic carbocycles. The van der Waals surface area contributed by atoms with Crippen molar-refractivity contribution in [3.05, 3.63) is 11.9 Å². The van der Waals surface area contributed by atoms with Crippen molar-refractivity contribution in [3.8, 4) is 0 Å². The Balaban J connectivity index is 1.84. The number of amides is 1. The summed E-state index contributed by atoms with van der Waals surface area (Å²) in [6, 6.07) is 0.301. The van der Waals surface area contributed by atoms with Gasteiger partial charge in [-0.15, -0.1) is 5.10 Å². The second kappa shape index (κ2) is 6.14. The first-order chi connectivity index (χ1) is 9.13. The Morgan fingerprint density at radius 1 is 1.58 bits per heavy atom. The second-order valence-corrected chi connectivity index (χ2v) is 5.39. The van der Waals surface area contributed by atoms with E-state index in [-0.39, 0.29) is 12.5 Å². The number of aromatic nitrogens is 3. The average molecular weight is 265 g/mol. The van der Waals surface area contributed by atoms with E-state index in [1.807, 2.05) is 0 Å². The highest BCUT2D eigenvalue weighted by molar-refractivity contribution is 5.76. The zero-order chi connectivity index (χ0) is 13.8. The highest BCUT2D eigenvalue weighted by Crippen LogP contribution is 2.33. The Morgan fingerprint density at radius 2 is 2.37 bits per heavy atom. The molecule has 0 spiro atoms. The van der Waals surface area contributed by atoms with Gasteiger partial charge in [-0.2, -0.15) is 0 Å². The lowest BCUT2D eigenvalue weighted by molar-refractivity contribution is -0.122. The maximum Gasteiger partial charge on any atom is 0.242 e. The van der Waals surface area contributed by atoms with Gasteiger partial charge in [0, 0.05) is 12.6 Å². The predicted octanol–water partition coefficient (Wildman–Crippen LogP) is 0.678. The number of carbonyl (C=O) groups excluding carboxylic acids is 1. The summed E-state index contributed by atoms with van der Waals surface area (Å²) >= 11 is 0. The molecule has 1 aliphatic carbocycles. The Bertz CT molecular complexity index is 430. The van der Waals surface area contributed by atoms with Crippen LogP contribution in [0.1, 0.15) is 38.8 Å². The van der Waals surface area contributed by atoms with E-state index in [0.29, 0.717) is 24.2 Å². The quantitative estimate of drug-likeness (QED) is 0.819. The highest BCUT2D eigenvalue weighted by atomic mass is 16.2. The molecule has 1 aliphatic rings. The minimum absolute atomic E-state index is 0.00192. The third kappa shape index (κ3) is 3.32. The van der Waals surface area contributed by atoms with E-state index in [9.17, 15) is 4.79 Å². The molecule has 1 amide bonds. The largest absolute Gasteiger partial charge is 0.351 e. The lowest BCUT2D eigenvalue weighted by Gasteiger charge is -2.20. The van der Waals surface area contributed by atoms with Gasteiger partial charge in [0.05, 0.1) is 11.9 Å². The molecule has 1 saturated carbocycles. The molecular weight excluding hydrogens is 242 g/mol. The van der Waals surface area contributed by atoms with Gasteiger partial charge in [0.15, 0.2) is 0 Å². The van der Waals surface area contributed by atoms with Gasteiger partial charge in [-0.25, -0.2) is 4.68 Å². The molecule has 6 nitrogen and oxygen atoms in total. The second-order valence-electron chi connectivity index (χ2n) is 5.39. The first-order valence-corrected chi connectivity index (χ1v) is 7.02. The summed E-state index contributed by atoms with van der Waals surface area (Å²) in [6.45, 7) is 5.01. The van der Waals surface area contributed by atoms with Crippen LogP contribution in [-0.4, -0.2) is 26.9 Å². The zero-order valence-corrected chi connectivity index (χ0v) is 11.7. The van der Waals surface area contributed by atoms with Gasteiger partial charge < -0.3 is 11.1 Å². The number of rotatable bonds is 5. The van der Waals surface area contributed by atoms with Crippen LogP contribution in [0.25, 0.3) is 0 Å². The van der Waals surface area contributed by atoms with Crippen molar-refractivity contribution >= 4 is 5.91 Å². The van der Waals surface area contributed by atoms with Crippen LogP contribution in [0.4, 0.5) is 0 Å². The fraction of sp³-hybridized carbons (Fsp3) is 0.769. The summed E-state index contributed by atoms with van der Waals surface area (Å²) in [4.78, 5) is 12.0. The molecule has 1 aromatic rings. The summed E-state index contributed by atoms with van der Waals surface area (Å²) in [6.07, 6.45) is 5.20. The number of carbonyl (C=O) groups is 1. The third-order valence-corrected chi connectivity index (χ3v) is 4.20. The minimum atomic E-state index is 0.00192. The van der Waals surface area contributed by atoms with Crippen LogP contribution in [0, 0.1) is 11.8 Å². The first-order valence-electron chi connectivity index (χ1n) is 7.02. The summed E-state index contributed by atoms with van der Waals surface area (Å²) < 4.78 is 1.54. The normalized spacial score (nSPS) is 26.6. The van der Waals surface area contributed by atoms with Crippen LogP contribution in [0.3, 0.4) is 0 Å². The molecule has 6 heteroatoms. The van der Waals surface area contributed by atoms with Crippen molar-refractivity contribution in [2.24, 2.45) is 17.6 Å². The van der Waals surface area contributed by atoms with E-state index < -0.39 is 0 Å². The molecule has 3 N–H and O–H groups in total. The van der Waals surface area contributed by atoms with E-state index in [1.54, 1.807) is 6.20 Å². The molecule has 106 valence electrons. The predicted molar refractivity (Wildman–Crippen MR) is 72.0 cm³/mol. The van der Waals surface area contributed by atoms with E-state index >= 15 is 0 Å². The zero-order valence-electron chi connectivity index (χ0n) is 11.7. The van der Waals surface area contributed by atoms with Crippen molar-refractivity contribution in [1.82, 2.24) is 20.3 Å². The number of hydrogen-bond acceptors (Lipinski definition) is 4. The maximum absolute atomic E-state index is 12.0. The van der Waals surface area contributed by atoms with E-state index in [1.165, 1.54) is 17.5 Å². The van der Waals surface area contributed by atoms with Crippen molar-refractivity contribution in [2.45, 2.75) is 52.2 Å². The fourth-order valence-corrected chi connectivity index (χ4v) is 2.94. The van der Waals surface area contributed by atoms with Crippen molar-refractivity contribution in [2.75, 3.05) is 0 Å². The molecule has 2 rings (SSSR count). The van der Waals surface area contributed by atoms with Gasteiger partial charge in [-0.05, 0) is 24.7 Å². The number of hydrogen-bond donors (Lipinski definition) is 2. The molecule has 0 saturated heterocycles. The van der Waals surface area contributed by atoms with Gasteiger partial charge in [-0.1, -0.05) is 25.5 Å². The lowest BCUT2D eigenvalue weighted by Crippen LogP contribution is -2.39. The van der Waals surface area contributed by atoms with Crippen molar-refractivity contribution in [3.63, 3.8) is 0 Å². The van der Waals surface area contributed by atoms with Gasteiger partial charge >= 0.3 is 0 Å². The molecule has 3 unspecified atom stereocenters. The number of nitrogens with two attached hydrogens (primary N) is 1. The maximum atomic E-state index is 12.0. The van der Waals surface area contributed by atoms with E-state index in [2.05, 4.69) is 29.5 Å². The summed E-state index contributed by atoms with van der Waals surface area (Å²) in [5.41, 5.74) is 6.16. The first kappa shape index (κ1) is 14.0. The number of nitrogens with one attached hydrogen (secondary N) is 1. The van der Waals surface area contributed by atoms with Crippen LogP contribution in [0.2, 0.25) is 0 Å². The molecule has 3 atom stereocenters. The highest BCUT2D eigenvalue weighted by Gasteiger charge is 2.32. The molecule has 0 aliphatic heterocycles. The van der Waals surface area contributed by atoms with E-state index in [0.717, 1.165) is 12.3 Å². The molecule has 19 heavy (non-hydrogen) atoms. The Kier molecular flexibility index (Phi) is 4.52. The lowest BCUT2D eigenvalue weighted by atomic mass is 9.93. The van der Waals surface area contributed by atoms with Crippen LogP contribution in [0.5, 0.6) is 0 Å². The Morgan fingerprint density at radius 3 is 2.95 bits per heavy atom. The summed E-state index contributed by atoms with van der Waals surface area (Å²) in [5, 5.41) is 10.9. The summed E-state index contributed by atoms with van der Waals surface area (Å²) in [7, 11) is 0. The molecular formula is C13H23N5O. The van der Waals surface area contributed by atoms with Gasteiger partial charge in [0.1, 0.15) is 6.54 Å². The standard InChI is InChI=1S/C13H23N5O/c1-3-10-4-5-12(9(10)2)15-13(19)8-18-7-11(6-14)16-17-18/h7,9-10,12H,3-6,8,14H2,1-2H3,(H,15,19). The third-order valence-electron chi connectivity index (χ3n) is 4.20. The van der Waals surface area contributed by atoms with Crippen molar-refractivity contribution < 1.29 is 4.79 Å². The van der Waals surface area contributed by atoms with Crippen LogP contribution < -0.4 is 11.1 Å². The van der Waals surface area contributed by atoms with E-state index in [4.69, 9.17) is 5.73 Å². The topological polar surface area (TPSA) is 85.8 Å². The Labute approximate surface area is 113 Å². The van der Waals surface area contributed by atoms with Crippen LogP contribution in [0.15, 0.2) is 6.20 Å². The monoisotopic (exact) mass is 265 g/mol. The van der Waals surface area contributed by atoms with Crippen molar-refractivity contribution in [1.29, 1.82) is 0 Å². The van der Waals surface area contributed by atoms with Crippen LogP contribution in [-0.2, 0) is 17.9 Å². The smallest absolute Gasteiger partial charge is 0.242 e. The van der Waals surface area contributed by atoms with Crippen LogP contribution >= 0.6 is 0 Å². The number of nitrogens with zero attached hydrogens (tertiary/aromatic N) is 3. The molecule has 0 bridgehead atoms. The molecule has 1 fully saturated rings. The Hall–Kier alpha value is -1.43.